The molecule has 0 radical (unpaired) electrons. The fraction of sp³-hybridized carbons (Fsp3) is 0.462. The predicted octanol–water partition coefficient (Wildman–Crippen LogP) is 2.42. The summed E-state index contributed by atoms with van der Waals surface area (Å²) in [5.41, 5.74) is -1.75. The molecule has 8 heteroatoms. The molecule has 0 aromatic heterocycles. The van der Waals surface area contributed by atoms with Crippen molar-refractivity contribution >= 4 is 11.6 Å². The van der Waals surface area contributed by atoms with Crippen molar-refractivity contribution in [1.82, 2.24) is 5.32 Å². The van der Waals surface area contributed by atoms with Gasteiger partial charge >= 0.3 is 5.69 Å². The Hall–Kier alpha value is -2.09. The molecule has 0 spiro atoms. The van der Waals surface area contributed by atoms with Crippen molar-refractivity contribution in [3.05, 3.63) is 39.4 Å². The van der Waals surface area contributed by atoms with Gasteiger partial charge in [-0.3, -0.25) is 14.9 Å². The van der Waals surface area contributed by atoms with Gasteiger partial charge in [-0.2, -0.15) is 4.39 Å². The van der Waals surface area contributed by atoms with E-state index in [0.717, 1.165) is 0 Å². The Morgan fingerprint density at radius 1 is 1.43 bits per heavy atom. The largest absolute Gasteiger partial charge is 0.379 e. The molecule has 1 aromatic rings. The Kier molecular flexibility index (Phi) is 6.16. The standard InChI is InChI=1S/C13H16F2N2O4/c1-8(2)21-5-3-4-16-13(18)10-6-9(14)7-11(12(10)15)17(19)20/h6-8H,3-5H2,1-2H3,(H,16,18). The van der Waals surface area contributed by atoms with E-state index >= 15 is 0 Å². The Balaban J connectivity index is 2.68. The molecule has 0 aliphatic heterocycles. The van der Waals surface area contributed by atoms with Crippen LogP contribution in [-0.2, 0) is 4.74 Å². The van der Waals surface area contributed by atoms with E-state index in [0.29, 0.717) is 25.2 Å². The molecule has 0 unspecified atom stereocenters. The second-order valence-corrected chi connectivity index (χ2v) is 4.57. The lowest BCUT2D eigenvalue weighted by atomic mass is 10.1. The first-order valence-electron chi connectivity index (χ1n) is 6.36. The molecule has 1 amide bonds. The van der Waals surface area contributed by atoms with Crippen LogP contribution in [0.15, 0.2) is 12.1 Å². The quantitative estimate of drug-likeness (QED) is 0.476. The van der Waals surface area contributed by atoms with E-state index in [-0.39, 0.29) is 12.6 Å². The van der Waals surface area contributed by atoms with Crippen LogP contribution in [0.2, 0.25) is 0 Å². The van der Waals surface area contributed by atoms with E-state index in [9.17, 15) is 23.7 Å². The molecule has 0 aliphatic carbocycles. The summed E-state index contributed by atoms with van der Waals surface area (Å²) < 4.78 is 32.2. The van der Waals surface area contributed by atoms with Gasteiger partial charge in [-0.15, -0.1) is 0 Å². The highest BCUT2D eigenvalue weighted by molar-refractivity contribution is 5.95. The van der Waals surface area contributed by atoms with Crippen LogP contribution in [0, 0.1) is 21.7 Å². The van der Waals surface area contributed by atoms with Crippen molar-refractivity contribution in [3.63, 3.8) is 0 Å². The van der Waals surface area contributed by atoms with Crippen LogP contribution in [0.4, 0.5) is 14.5 Å². The van der Waals surface area contributed by atoms with Crippen molar-refractivity contribution in [2.45, 2.75) is 26.4 Å². The number of amides is 1. The Morgan fingerprint density at radius 2 is 2.10 bits per heavy atom. The van der Waals surface area contributed by atoms with Gasteiger partial charge in [-0.05, 0) is 26.3 Å². The lowest BCUT2D eigenvalue weighted by Gasteiger charge is -2.09. The molecule has 0 fully saturated rings. The molecule has 0 bridgehead atoms. The number of halogens is 2. The second kappa shape index (κ2) is 7.63. The highest BCUT2D eigenvalue weighted by atomic mass is 19.1. The zero-order valence-corrected chi connectivity index (χ0v) is 11.7. The smallest absolute Gasteiger partial charge is 0.308 e. The average molecular weight is 302 g/mol. The number of carbonyl (C=O) groups excluding carboxylic acids is 1. The number of nitro benzene ring substituents is 1. The van der Waals surface area contributed by atoms with E-state index in [1.165, 1.54) is 0 Å². The van der Waals surface area contributed by atoms with Crippen molar-refractivity contribution in [1.29, 1.82) is 0 Å². The first kappa shape index (κ1) is 17.0. The minimum Gasteiger partial charge on any atom is -0.379 e. The van der Waals surface area contributed by atoms with E-state index in [1.807, 2.05) is 13.8 Å². The SMILES string of the molecule is CC(C)OCCCNC(=O)c1cc(F)cc([N+](=O)[O-])c1F. The molecule has 21 heavy (non-hydrogen) atoms. The van der Waals surface area contributed by atoms with Gasteiger partial charge in [0.05, 0.1) is 22.7 Å². The van der Waals surface area contributed by atoms with Crippen LogP contribution in [0.5, 0.6) is 0 Å². The minimum atomic E-state index is -1.35. The molecule has 1 rings (SSSR count). The van der Waals surface area contributed by atoms with E-state index in [4.69, 9.17) is 4.74 Å². The maximum absolute atomic E-state index is 13.7. The summed E-state index contributed by atoms with van der Waals surface area (Å²) in [6, 6.07) is 1.06. The molecule has 6 nitrogen and oxygen atoms in total. The number of carbonyl (C=O) groups is 1. The molecule has 0 heterocycles. The first-order valence-corrected chi connectivity index (χ1v) is 6.36. The van der Waals surface area contributed by atoms with Crippen LogP contribution in [-0.4, -0.2) is 30.1 Å². The van der Waals surface area contributed by atoms with Gasteiger partial charge in [0.25, 0.3) is 5.91 Å². The Labute approximate surface area is 120 Å². The number of ether oxygens (including phenoxy) is 1. The Morgan fingerprint density at radius 3 is 2.67 bits per heavy atom. The van der Waals surface area contributed by atoms with Gasteiger partial charge in [0.2, 0.25) is 5.82 Å². The molecular weight excluding hydrogens is 286 g/mol. The number of benzene rings is 1. The fourth-order valence-corrected chi connectivity index (χ4v) is 1.56. The highest BCUT2D eigenvalue weighted by Crippen LogP contribution is 2.22. The molecule has 0 saturated heterocycles. The molecule has 0 saturated carbocycles. The predicted molar refractivity (Wildman–Crippen MR) is 71.1 cm³/mol. The number of hydrogen-bond donors (Lipinski definition) is 1. The van der Waals surface area contributed by atoms with Crippen molar-refractivity contribution in [2.24, 2.45) is 0 Å². The molecule has 1 N–H and O–H groups in total. The number of nitrogens with zero attached hydrogens (tertiary/aromatic N) is 1. The second-order valence-electron chi connectivity index (χ2n) is 4.57. The summed E-state index contributed by atoms with van der Waals surface area (Å²) >= 11 is 0. The number of rotatable bonds is 7. The molecular formula is C13H16F2N2O4. The topological polar surface area (TPSA) is 81.5 Å². The van der Waals surface area contributed by atoms with Gasteiger partial charge in [0.1, 0.15) is 5.82 Å². The normalized spacial score (nSPS) is 10.7. The minimum absolute atomic E-state index is 0.0593. The summed E-state index contributed by atoms with van der Waals surface area (Å²) in [6.07, 6.45) is 0.548. The summed E-state index contributed by atoms with van der Waals surface area (Å²) in [5, 5.41) is 12.9. The van der Waals surface area contributed by atoms with Crippen molar-refractivity contribution in [2.75, 3.05) is 13.2 Å². The summed E-state index contributed by atoms with van der Waals surface area (Å²) in [6.45, 7) is 4.32. The van der Waals surface area contributed by atoms with Crippen molar-refractivity contribution in [3.8, 4) is 0 Å². The average Bonchev–Trinajstić information content (AvgIpc) is 2.39. The van der Waals surface area contributed by atoms with Gasteiger partial charge in [-0.1, -0.05) is 0 Å². The summed E-state index contributed by atoms with van der Waals surface area (Å²) in [4.78, 5) is 21.2. The van der Waals surface area contributed by atoms with Gasteiger partial charge in [0.15, 0.2) is 0 Å². The van der Waals surface area contributed by atoms with Crippen LogP contribution in [0.25, 0.3) is 0 Å². The third kappa shape index (κ3) is 5.07. The third-order valence-electron chi connectivity index (χ3n) is 2.52. The highest BCUT2D eigenvalue weighted by Gasteiger charge is 2.23. The van der Waals surface area contributed by atoms with Crippen LogP contribution in [0.1, 0.15) is 30.6 Å². The molecule has 116 valence electrons. The lowest BCUT2D eigenvalue weighted by Crippen LogP contribution is -2.26. The monoisotopic (exact) mass is 302 g/mol. The maximum Gasteiger partial charge on any atom is 0.308 e. The van der Waals surface area contributed by atoms with E-state index in [1.54, 1.807) is 0 Å². The Bertz CT molecular complexity index is 535. The van der Waals surface area contributed by atoms with Crippen LogP contribution < -0.4 is 5.32 Å². The van der Waals surface area contributed by atoms with Crippen LogP contribution >= 0.6 is 0 Å². The van der Waals surface area contributed by atoms with Crippen molar-refractivity contribution < 1.29 is 23.2 Å². The first-order chi connectivity index (χ1) is 9.82. The van der Waals surface area contributed by atoms with E-state index in [2.05, 4.69) is 5.32 Å². The number of nitro groups is 1. The fourth-order valence-electron chi connectivity index (χ4n) is 1.56. The molecule has 0 atom stereocenters. The van der Waals surface area contributed by atoms with Gasteiger partial charge in [-0.25, -0.2) is 4.39 Å². The third-order valence-corrected chi connectivity index (χ3v) is 2.52. The number of hydrogen-bond acceptors (Lipinski definition) is 4. The summed E-state index contributed by atoms with van der Waals surface area (Å²) in [5.74, 6) is -3.30. The lowest BCUT2D eigenvalue weighted by molar-refractivity contribution is -0.387. The zero-order valence-electron chi connectivity index (χ0n) is 11.7. The van der Waals surface area contributed by atoms with Crippen LogP contribution in [0.3, 0.4) is 0 Å². The van der Waals surface area contributed by atoms with Gasteiger partial charge < -0.3 is 10.1 Å². The van der Waals surface area contributed by atoms with Gasteiger partial charge in [0, 0.05) is 13.2 Å². The maximum atomic E-state index is 13.7. The zero-order chi connectivity index (χ0) is 16.0. The number of nitrogens with one attached hydrogen (secondary N) is 1. The molecule has 1 aromatic carbocycles. The van der Waals surface area contributed by atoms with E-state index < -0.39 is 33.7 Å². The molecule has 0 aliphatic rings. The summed E-state index contributed by atoms with van der Waals surface area (Å²) in [7, 11) is 0.